The van der Waals surface area contributed by atoms with Gasteiger partial charge in [-0.2, -0.15) is 0 Å². The van der Waals surface area contributed by atoms with Gasteiger partial charge in [0.1, 0.15) is 6.17 Å². The molecule has 27 heavy (non-hydrogen) atoms. The largest absolute Gasteiger partial charge is 0.360 e. The average Bonchev–Trinajstić information content (AvgIpc) is 2.99. The summed E-state index contributed by atoms with van der Waals surface area (Å²) in [7, 11) is 0. The van der Waals surface area contributed by atoms with Gasteiger partial charge in [0.25, 0.3) is 5.91 Å². The first kappa shape index (κ1) is 16.4. The Balaban J connectivity index is 1.39. The second-order valence-electron chi connectivity index (χ2n) is 7.43. The number of hydrogen-bond donors (Lipinski definition) is 2. The van der Waals surface area contributed by atoms with Gasteiger partial charge in [-0.05, 0) is 29.7 Å². The number of hydrogen-bond acceptors (Lipinski definition) is 4. The molecule has 0 bridgehead atoms. The van der Waals surface area contributed by atoms with E-state index in [9.17, 15) is 4.79 Å². The first-order chi connectivity index (χ1) is 13.3. The first-order valence-electron chi connectivity index (χ1n) is 9.70. The third kappa shape index (κ3) is 2.98. The minimum absolute atomic E-state index is 0.0164. The van der Waals surface area contributed by atoms with E-state index in [2.05, 4.69) is 62.9 Å². The summed E-state index contributed by atoms with van der Waals surface area (Å²) in [6, 6.07) is 14.8. The molecule has 5 nitrogen and oxygen atoms in total. The van der Waals surface area contributed by atoms with Crippen LogP contribution < -0.4 is 15.5 Å². The summed E-state index contributed by atoms with van der Waals surface area (Å²) in [5.74, 6) is 0.0164. The van der Waals surface area contributed by atoms with Crippen LogP contribution in [0.4, 0.5) is 11.4 Å². The van der Waals surface area contributed by atoms with Crippen LogP contribution in [0.25, 0.3) is 0 Å². The monoisotopic (exact) mass is 360 g/mol. The fourth-order valence-corrected chi connectivity index (χ4v) is 4.29. The summed E-state index contributed by atoms with van der Waals surface area (Å²) in [5.41, 5.74) is 5.40. The molecule has 0 aromatic heterocycles. The highest BCUT2D eigenvalue weighted by molar-refractivity contribution is 6.04. The van der Waals surface area contributed by atoms with Gasteiger partial charge in [-0.3, -0.25) is 9.69 Å². The SMILES string of the molecule is O=C1NCCN2c3c(cccc31)NC2c1ccc(CN2CC=CCC2)cc1. The lowest BCUT2D eigenvalue weighted by molar-refractivity contribution is 0.0958. The van der Waals surface area contributed by atoms with Crippen LogP contribution in [0.5, 0.6) is 0 Å². The number of nitrogens with one attached hydrogen (secondary N) is 2. The molecule has 2 N–H and O–H groups in total. The maximum Gasteiger partial charge on any atom is 0.253 e. The van der Waals surface area contributed by atoms with Crippen molar-refractivity contribution in [2.75, 3.05) is 36.4 Å². The zero-order valence-electron chi connectivity index (χ0n) is 15.3. The van der Waals surface area contributed by atoms with E-state index in [-0.39, 0.29) is 12.1 Å². The lowest BCUT2D eigenvalue weighted by Gasteiger charge is -2.27. The second-order valence-corrected chi connectivity index (χ2v) is 7.43. The van der Waals surface area contributed by atoms with Crippen LogP contribution in [0.2, 0.25) is 0 Å². The number of carbonyl (C=O) groups is 1. The van der Waals surface area contributed by atoms with Gasteiger partial charge in [0, 0.05) is 32.7 Å². The fraction of sp³-hybridized carbons (Fsp3) is 0.318. The summed E-state index contributed by atoms with van der Waals surface area (Å²) in [6.45, 7) is 4.63. The van der Waals surface area contributed by atoms with Gasteiger partial charge in [0.2, 0.25) is 0 Å². The highest BCUT2D eigenvalue weighted by atomic mass is 16.1. The first-order valence-corrected chi connectivity index (χ1v) is 9.70. The smallest absolute Gasteiger partial charge is 0.253 e. The van der Waals surface area contributed by atoms with Crippen LogP contribution in [-0.4, -0.2) is 37.0 Å². The molecule has 3 aliphatic heterocycles. The molecule has 3 aliphatic rings. The molecular formula is C22H24N4O. The van der Waals surface area contributed by atoms with Crippen molar-refractivity contribution in [1.29, 1.82) is 0 Å². The number of para-hydroxylation sites is 1. The lowest BCUT2D eigenvalue weighted by atomic mass is 10.1. The molecule has 1 unspecified atom stereocenters. The average molecular weight is 360 g/mol. The van der Waals surface area contributed by atoms with E-state index in [4.69, 9.17) is 0 Å². The normalized spacial score (nSPS) is 21.4. The Morgan fingerprint density at radius 1 is 1.04 bits per heavy atom. The van der Waals surface area contributed by atoms with Crippen LogP contribution in [0.3, 0.4) is 0 Å². The van der Waals surface area contributed by atoms with Gasteiger partial charge in [-0.1, -0.05) is 42.5 Å². The Hall–Kier alpha value is -2.79. The van der Waals surface area contributed by atoms with Crippen LogP contribution >= 0.6 is 0 Å². The molecule has 0 spiro atoms. The Bertz CT molecular complexity index is 890. The number of nitrogens with zero attached hydrogens (tertiary/aromatic N) is 2. The van der Waals surface area contributed by atoms with E-state index in [0.29, 0.717) is 6.54 Å². The third-order valence-corrected chi connectivity index (χ3v) is 5.65. The zero-order chi connectivity index (χ0) is 18.2. The van der Waals surface area contributed by atoms with Crippen LogP contribution in [-0.2, 0) is 6.54 Å². The molecule has 0 fully saturated rings. The topological polar surface area (TPSA) is 47.6 Å². The predicted octanol–water partition coefficient (Wildman–Crippen LogP) is 3.12. The highest BCUT2D eigenvalue weighted by Gasteiger charge is 2.34. The Morgan fingerprint density at radius 3 is 2.74 bits per heavy atom. The molecule has 138 valence electrons. The molecule has 0 saturated heterocycles. The van der Waals surface area contributed by atoms with E-state index in [1.54, 1.807) is 0 Å². The number of carbonyl (C=O) groups excluding carboxylic acids is 1. The molecule has 2 aromatic rings. The van der Waals surface area contributed by atoms with E-state index in [1.807, 2.05) is 12.1 Å². The van der Waals surface area contributed by atoms with Gasteiger partial charge >= 0.3 is 0 Å². The maximum atomic E-state index is 12.3. The Morgan fingerprint density at radius 2 is 1.93 bits per heavy atom. The highest BCUT2D eigenvalue weighted by Crippen LogP contribution is 2.43. The zero-order valence-corrected chi connectivity index (χ0v) is 15.3. The molecule has 1 atom stereocenters. The summed E-state index contributed by atoms with van der Waals surface area (Å²) in [5, 5.41) is 6.61. The molecule has 0 aliphatic carbocycles. The number of amides is 1. The molecule has 3 heterocycles. The molecule has 0 saturated carbocycles. The van der Waals surface area contributed by atoms with E-state index in [0.717, 1.165) is 49.5 Å². The number of rotatable bonds is 3. The number of benzene rings is 2. The van der Waals surface area contributed by atoms with Crippen molar-refractivity contribution in [2.45, 2.75) is 19.1 Å². The second kappa shape index (κ2) is 6.74. The van der Waals surface area contributed by atoms with Crippen LogP contribution in [0.1, 0.15) is 34.1 Å². The van der Waals surface area contributed by atoms with Gasteiger partial charge in [0.05, 0.1) is 16.9 Å². The summed E-state index contributed by atoms with van der Waals surface area (Å²) < 4.78 is 0. The van der Waals surface area contributed by atoms with Crippen molar-refractivity contribution < 1.29 is 4.79 Å². The lowest BCUT2D eigenvalue weighted by Crippen LogP contribution is -2.33. The molecule has 5 rings (SSSR count). The minimum Gasteiger partial charge on any atom is -0.360 e. The molecule has 2 aromatic carbocycles. The van der Waals surface area contributed by atoms with Gasteiger partial charge in [-0.15, -0.1) is 0 Å². The molecule has 0 radical (unpaired) electrons. The van der Waals surface area contributed by atoms with Crippen molar-refractivity contribution in [3.05, 3.63) is 71.3 Å². The van der Waals surface area contributed by atoms with Crippen molar-refractivity contribution in [3.63, 3.8) is 0 Å². The van der Waals surface area contributed by atoms with Crippen molar-refractivity contribution in [2.24, 2.45) is 0 Å². The third-order valence-electron chi connectivity index (χ3n) is 5.65. The summed E-state index contributed by atoms with van der Waals surface area (Å²) >= 11 is 0. The Labute approximate surface area is 159 Å². The Kier molecular flexibility index (Phi) is 4.09. The quantitative estimate of drug-likeness (QED) is 0.826. The van der Waals surface area contributed by atoms with E-state index in [1.165, 1.54) is 11.1 Å². The summed E-state index contributed by atoms with van der Waals surface area (Å²) in [6.07, 6.45) is 5.73. The minimum atomic E-state index is 0.0164. The van der Waals surface area contributed by atoms with Gasteiger partial charge in [-0.25, -0.2) is 0 Å². The van der Waals surface area contributed by atoms with Gasteiger partial charge < -0.3 is 15.5 Å². The van der Waals surface area contributed by atoms with Crippen molar-refractivity contribution in [3.8, 4) is 0 Å². The fourth-order valence-electron chi connectivity index (χ4n) is 4.29. The summed E-state index contributed by atoms with van der Waals surface area (Å²) in [4.78, 5) is 17.1. The van der Waals surface area contributed by atoms with E-state index < -0.39 is 0 Å². The maximum absolute atomic E-state index is 12.3. The van der Waals surface area contributed by atoms with Crippen LogP contribution in [0, 0.1) is 0 Å². The predicted molar refractivity (Wildman–Crippen MR) is 108 cm³/mol. The number of anilines is 2. The molecule has 5 heteroatoms. The van der Waals surface area contributed by atoms with Crippen LogP contribution in [0.15, 0.2) is 54.6 Å². The van der Waals surface area contributed by atoms with Crippen molar-refractivity contribution >= 4 is 17.3 Å². The van der Waals surface area contributed by atoms with E-state index >= 15 is 0 Å². The standard InChI is InChI=1S/C22H24N4O/c27-22-18-5-4-6-19-20(18)26(14-11-23-22)21(24-19)17-9-7-16(8-10-17)15-25-12-2-1-3-13-25/h1-2,4-10,21,24H,3,11-15H2,(H,23,27). The van der Waals surface area contributed by atoms with Crippen molar-refractivity contribution in [1.82, 2.24) is 10.2 Å². The van der Waals surface area contributed by atoms with Gasteiger partial charge in [0.15, 0.2) is 0 Å². The molecule has 1 amide bonds. The molecular weight excluding hydrogens is 336 g/mol.